The van der Waals surface area contributed by atoms with Crippen molar-refractivity contribution < 1.29 is 17.8 Å². The van der Waals surface area contributed by atoms with Crippen molar-refractivity contribution in [3.05, 3.63) is 169 Å². The molecule has 8 aromatic carbocycles. The molecule has 0 fully saturated rings. The zero-order valence-electron chi connectivity index (χ0n) is 38.2. The number of aryl methyl sites for hydroxylation is 1. The van der Waals surface area contributed by atoms with Gasteiger partial charge in [0.1, 0.15) is 5.82 Å². The van der Waals surface area contributed by atoms with Crippen molar-refractivity contribution in [3.63, 3.8) is 0 Å². The van der Waals surface area contributed by atoms with Gasteiger partial charge in [0.25, 0.3) is 0 Å². The second-order valence-electron chi connectivity index (χ2n) is 11.3. The van der Waals surface area contributed by atoms with E-state index in [0.29, 0.717) is 17.5 Å². The average molecular weight is 614 g/mol. The Kier molecular flexibility index (Phi) is 4.04. The van der Waals surface area contributed by atoms with Crippen LogP contribution in [0.5, 0.6) is 0 Å². The minimum atomic E-state index is -0.531. The summed E-state index contributed by atoms with van der Waals surface area (Å²) in [5.41, 5.74) is 4.17. The number of hydrogen-bond donors (Lipinski definition) is 0. The largest absolute Gasteiger partial charge is 0.296 e. The minimum Gasteiger partial charge on any atom is -0.296 e. The van der Waals surface area contributed by atoms with Gasteiger partial charge in [-0.1, -0.05) is 140 Å². The predicted molar refractivity (Wildman–Crippen MR) is 199 cm³/mol. The SMILES string of the molecule is [2H]c1c([2H])c([2H])c(-c2ccc(-c3c4c([2H])c([2H])c([2H])c([2H])c4c(-c4ccc5cc(-n6c(CC)nc7ccccc76)ccc5c4)c4c([2H])c([2H])c([2H])c([2H])c34)cc2)c([2H])c1[2H]. The molecule has 0 saturated heterocycles. The molecule has 2 heteroatoms. The van der Waals surface area contributed by atoms with E-state index in [1.165, 1.54) is 12.1 Å². The van der Waals surface area contributed by atoms with E-state index in [4.69, 9.17) is 17.3 Å². The molecule has 1 aromatic heterocycles. The molecule has 0 aliphatic heterocycles. The van der Waals surface area contributed by atoms with Gasteiger partial charge in [0.2, 0.25) is 0 Å². The monoisotopic (exact) mass is 613 g/mol. The molecule has 9 rings (SSSR count). The Hall–Kier alpha value is -5.99. The van der Waals surface area contributed by atoms with E-state index < -0.39 is 66.5 Å². The molecule has 0 saturated carbocycles. The highest BCUT2D eigenvalue weighted by atomic mass is 15.1. The summed E-state index contributed by atoms with van der Waals surface area (Å²) >= 11 is 0. The summed E-state index contributed by atoms with van der Waals surface area (Å²) in [6, 6.07) is 19.6. The Balaban J connectivity index is 1.34. The lowest BCUT2D eigenvalue weighted by molar-refractivity contribution is 0.909. The lowest BCUT2D eigenvalue weighted by Gasteiger charge is -2.18. The number of benzene rings is 8. The summed E-state index contributed by atoms with van der Waals surface area (Å²) in [4.78, 5) is 4.82. The molecular weight excluding hydrogens is 569 g/mol. The Bertz CT molecular complexity index is 3230. The smallest absolute Gasteiger partial charge is 0.114 e. The van der Waals surface area contributed by atoms with Crippen LogP contribution in [0.15, 0.2) is 163 Å². The molecule has 2 nitrogen and oxygen atoms in total. The number of fused-ring (bicyclic) bond motifs is 4. The van der Waals surface area contributed by atoms with Gasteiger partial charge in [0.15, 0.2) is 0 Å². The number of imidazole rings is 1. The van der Waals surface area contributed by atoms with Crippen LogP contribution in [0.3, 0.4) is 0 Å². The van der Waals surface area contributed by atoms with Crippen LogP contribution in [-0.4, -0.2) is 9.55 Å². The standard InChI is InChI=1S/C45H32N2/c1-2-43-46-41-18-10-11-19-42(41)47(43)36-27-26-33-28-35(25-24-34(33)29-36)45-39-16-8-6-14-37(39)44(38-15-7-9-17-40(38)45)32-22-20-31(21-23-32)30-12-4-3-5-13-30/h3-29H,2H2,1H3/i3D,4D,5D,6D,7D,8D,9D,12D,13D,14D,15D,16D,17D. The molecule has 0 radical (unpaired) electrons. The molecule has 9 aromatic rings. The van der Waals surface area contributed by atoms with Gasteiger partial charge in [-0.25, -0.2) is 4.98 Å². The van der Waals surface area contributed by atoms with E-state index in [2.05, 4.69) is 4.57 Å². The van der Waals surface area contributed by atoms with E-state index in [1.807, 2.05) is 61.5 Å². The minimum absolute atomic E-state index is 0.0333. The molecule has 47 heavy (non-hydrogen) atoms. The molecule has 0 aliphatic carbocycles. The molecule has 222 valence electrons. The first-order valence-corrected chi connectivity index (χ1v) is 15.3. The van der Waals surface area contributed by atoms with Crippen molar-refractivity contribution in [3.8, 4) is 39.1 Å². The van der Waals surface area contributed by atoms with Crippen LogP contribution >= 0.6 is 0 Å². The summed E-state index contributed by atoms with van der Waals surface area (Å²) < 4.78 is 116. The van der Waals surface area contributed by atoms with E-state index >= 15 is 0 Å². The number of rotatable bonds is 5. The molecule has 0 atom stereocenters. The normalized spacial score (nSPS) is 15.5. The third-order valence-electron chi connectivity index (χ3n) is 8.65. The van der Waals surface area contributed by atoms with Crippen molar-refractivity contribution in [2.75, 3.05) is 0 Å². The number of aromatic nitrogens is 2. The highest BCUT2D eigenvalue weighted by Gasteiger charge is 2.17. The Morgan fingerprint density at radius 1 is 0.532 bits per heavy atom. The summed E-state index contributed by atoms with van der Waals surface area (Å²) in [5, 5.41) is 1.86. The zero-order valence-corrected chi connectivity index (χ0v) is 25.2. The molecule has 0 spiro atoms. The van der Waals surface area contributed by atoms with Gasteiger partial charge in [-0.15, -0.1) is 0 Å². The van der Waals surface area contributed by atoms with Crippen LogP contribution in [0.25, 0.3) is 82.4 Å². The Morgan fingerprint density at radius 3 is 1.77 bits per heavy atom. The fraction of sp³-hybridized carbons (Fsp3) is 0.0444. The van der Waals surface area contributed by atoms with Gasteiger partial charge in [0.05, 0.1) is 28.9 Å². The van der Waals surface area contributed by atoms with Gasteiger partial charge in [0, 0.05) is 12.1 Å². The van der Waals surface area contributed by atoms with Crippen LogP contribution in [0.1, 0.15) is 30.6 Å². The van der Waals surface area contributed by atoms with Gasteiger partial charge in [-0.3, -0.25) is 4.57 Å². The molecular formula is C45H32N2. The average Bonchev–Trinajstić information content (AvgIpc) is 3.65. The third kappa shape index (κ3) is 4.53. The maximum atomic E-state index is 9.31. The third-order valence-corrected chi connectivity index (χ3v) is 8.65. The summed E-state index contributed by atoms with van der Waals surface area (Å²) in [6.45, 7) is 2.05. The molecule has 0 aliphatic rings. The molecule has 0 bridgehead atoms. The highest BCUT2D eigenvalue weighted by molar-refractivity contribution is 6.21. The Labute approximate surface area is 292 Å². The fourth-order valence-corrected chi connectivity index (χ4v) is 6.53. The topological polar surface area (TPSA) is 17.8 Å². The second-order valence-corrected chi connectivity index (χ2v) is 11.3. The van der Waals surface area contributed by atoms with Crippen molar-refractivity contribution in [1.29, 1.82) is 0 Å². The van der Waals surface area contributed by atoms with Crippen LogP contribution in [0.2, 0.25) is 0 Å². The van der Waals surface area contributed by atoms with E-state index in [-0.39, 0.29) is 55.9 Å². The lowest BCUT2D eigenvalue weighted by Crippen LogP contribution is -2.00. The zero-order chi connectivity index (χ0) is 42.6. The Morgan fingerprint density at radius 2 is 1.09 bits per heavy atom. The van der Waals surface area contributed by atoms with Crippen molar-refractivity contribution in [1.82, 2.24) is 9.55 Å². The first-order valence-electron chi connectivity index (χ1n) is 21.8. The van der Waals surface area contributed by atoms with Gasteiger partial charge in [-0.2, -0.15) is 0 Å². The predicted octanol–water partition coefficient (Wildman–Crippen LogP) is 12.0. The molecule has 0 N–H and O–H groups in total. The van der Waals surface area contributed by atoms with E-state index in [9.17, 15) is 5.48 Å². The molecule has 0 amide bonds. The van der Waals surface area contributed by atoms with Crippen molar-refractivity contribution in [2.24, 2.45) is 0 Å². The fourth-order valence-electron chi connectivity index (χ4n) is 6.53. The van der Waals surface area contributed by atoms with Crippen LogP contribution in [0.4, 0.5) is 0 Å². The first-order chi connectivity index (χ1) is 28.7. The highest BCUT2D eigenvalue weighted by Crippen LogP contribution is 2.44. The number of para-hydroxylation sites is 2. The second kappa shape index (κ2) is 11.1. The maximum Gasteiger partial charge on any atom is 0.114 e. The van der Waals surface area contributed by atoms with Crippen LogP contribution < -0.4 is 0 Å². The molecule has 1 heterocycles. The van der Waals surface area contributed by atoms with Crippen molar-refractivity contribution >= 4 is 43.4 Å². The first kappa shape index (κ1) is 17.1. The lowest BCUT2D eigenvalue weighted by atomic mass is 9.85. The van der Waals surface area contributed by atoms with E-state index in [1.54, 1.807) is 18.2 Å². The summed E-state index contributed by atoms with van der Waals surface area (Å²) in [5.74, 6) is 0.900. The van der Waals surface area contributed by atoms with Gasteiger partial charge >= 0.3 is 0 Å². The van der Waals surface area contributed by atoms with Gasteiger partial charge in [-0.05, 0) is 96.0 Å². The summed E-state index contributed by atoms with van der Waals surface area (Å²) in [7, 11) is 0. The van der Waals surface area contributed by atoms with Crippen LogP contribution in [-0.2, 0) is 6.42 Å². The quantitative estimate of drug-likeness (QED) is 0.177. The molecule has 0 unspecified atom stereocenters. The number of nitrogens with zero attached hydrogens (tertiary/aromatic N) is 2. The van der Waals surface area contributed by atoms with E-state index in [0.717, 1.165) is 33.3 Å². The summed E-state index contributed by atoms with van der Waals surface area (Å²) in [6.07, 6.45) is 0.710. The number of hydrogen-bond acceptors (Lipinski definition) is 1. The van der Waals surface area contributed by atoms with Gasteiger partial charge < -0.3 is 0 Å². The van der Waals surface area contributed by atoms with Crippen LogP contribution in [0, 0.1) is 0 Å². The maximum absolute atomic E-state index is 9.31. The van der Waals surface area contributed by atoms with Crippen molar-refractivity contribution in [2.45, 2.75) is 13.3 Å².